The minimum Gasteiger partial charge on any atom is -0.438 e. The summed E-state index contributed by atoms with van der Waals surface area (Å²) >= 11 is 0. The van der Waals surface area contributed by atoms with Gasteiger partial charge in [0.15, 0.2) is 0 Å². The highest BCUT2D eigenvalue weighted by Gasteiger charge is 2.17. The van der Waals surface area contributed by atoms with Crippen LogP contribution in [0.1, 0.15) is 24.0 Å². The van der Waals surface area contributed by atoms with Crippen molar-refractivity contribution in [3.63, 3.8) is 0 Å². The summed E-state index contributed by atoms with van der Waals surface area (Å²) in [7, 11) is 0. The molecule has 7 heteroatoms. The zero-order valence-corrected chi connectivity index (χ0v) is 19.6. The summed E-state index contributed by atoms with van der Waals surface area (Å²) in [5.41, 5.74) is 3.79. The van der Waals surface area contributed by atoms with E-state index >= 15 is 0 Å². The number of hydrogen-bond donors (Lipinski definition) is 1. The number of nitrogens with one attached hydrogen (secondary N) is 1. The van der Waals surface area contributed by atoms with Gasteiger partial charge in [0, 0.05) is 55.2 Å². The molecular weight excluding hydrogens is 441 g/mol. The van der Waals surface area contributed by atoms with E-state index in [2.05, 4.69) is 38.0 Å². The summed E-state index contributed by atoms with van der Waals surface area (Å²) in [6.07, 6.45) is 6.82. The van der Waals surface area contributed by atoms with Gasteiger partial charge in [0.25, 0.3) is 0 Å². The Bertz CT molecular complexity index is 1320. The maximum Gasteiger partial charge on any atom is 0.237 e. The van der Waals surface area contributed by atoms with Crippen molar-refractivity contribution in [2.45, 2.75) is 19.3 Å². The first-order valence-corrected chi connectivity index (χ1v) is 12.1. The van der Waals surface area contributed by atoms with Crippen molar-refractivity contribution in [3.05, 3.63) is 83.9 Å². The summed E-state index contributed by atoms with van der Waals surface area (Å²) in [5.74, 6) is 0.813. The van der Waals surface area contributed by atoms with E-state index in [9.17, 15) is 9.65 Å². The number of benzene rings is 2. The number of unbranched alkanes of at least 4 members (excludes halogenated alkanes) is 1. The van der Waals surface area contributed by atoms with E-state index in [-0.39, 0.29) is 5.82 Å². The van der Waals surface area contributed by atoms with Crippen LogP contribution in [-0.4, -0.2) is 47.6 Å². The average molecular weight is 470 g/mol. The second-order valence-corrected chi connectivity index (χ2v) is 8.85. The Kier molecular flexibility index (Phi) is 6.92. The average Bonchev–Trinajstić information content (AvgIpc) is 3.30. The third kappa shape index (κ3) is 5.44. The van der Waals surface area contributed by atoms with Crippen LogP contribution in [0.4, 0.5) is 10.1 Å². The SMILES string of the molecule is N#Cc1cccnc1Oc1ccc(N2CCN(CCCCc3c[nH]c4ccc(F)cc34)CC2)cc1. The smallest absolute Gasteiger partial charge is 0.237 e. The Labute approximate surface area is 204 Å². The molecule has 2 aromatic heterocycles. The zero-order chi connectivity index (χ0) is 24.0. The molecule has 0 bridgehead atoms. The van der Waals surface area contributed by atoms with Gasteiger partial charge in [-0.25, -0.2) is 9.37 Å². The number of hydrogen-bond acceptors (Lipinski definition) is 5. The molecule has 3 heterocycles. The van der Waals surface area contributed by atoms with E-state index in [1.165, 1.54) is 17.3 Å². The topological polar surface area (TPSA) is 68.2 Å². The Balaban J connectivity index is 1.06. The fourth-order valence-electron chi connectivity index (χ4n) is 4.63. The van der Waals surface area contributed by atoms with Crippen LogP contribution in [0, 0.1) is 17.1 Å². The molecule has 1 N–H and O–H groups in total. The van der Waals surface area contributed by atoms with Crippen molar-refractivity contribution in [1.29, 1.82) is 5.26 Å². The standard InChI is InChI=1S/C28H28FN5O/c29-23-6-11-27-26(18-23)22(20-32-27)4-1-2-13-33-14-16-34(17-15-33)24-7-9-25(10-8-24)35-28-21(19-30)5-3-12-31-28/h3,5-12,18,20,32H,1-2,4,13-17H2. The van der Waals surface area contributed by atoms with Crippen molar-refractivity contribution >= 4 is 16.6 Å². The molecule has 35 heavy (non-hydrogen) atoms. The molecule has 1 aliphatic rings. The minimum atomic E-state index is -0.181. The third-order valence-corrected chi connectivity index (χ3v) is 6.58. The van der Waals surface area contributed by atoms with Gasteiger partial charge in [0.2, 0.25) is 5.88 Å². The van der Waals surface area contributed by atoms with Crippen LogP contribution in [0.3, 0.4) is 0 Å². The number of rotatable bonds is 8. The number of pyridine rings is 1. The van der Waals surface area contributed by atoms with Crippen molar-refractivity contribution in [1.82, 2.24) is 14.9 Å². The molecule has 0 amide bonds. The molecule has 0 unspecified atom stereocenters. The van der Waals surface area contributed by atoms with Gasteiger partial charge in [-0.05, 0) is 86.0 Å². The molecule has 5 rings (SSSR count). The largest absolute Gasteiger partial charge is 0.438 e. The molecule has 0 radical (unpaired) electrons. The van der Waals surface area contributed by atoms with Gasteiger partial charge in [-0.3, -0.25) is 4.90 Å². The first-order chi connectivity index (χ1) is 17.2. The summed E-state index contributed by atoms with van der Waals surface area (Å²) in [6.45, 7) is 5.14. The zero-order valence-electron chi connectivity index (χ0n) is 19.6. The molecule has 2 aromatic carbocycles. The summed E-state index contributed by atoms with van der Waals surface area (Å²) in [6, 6.07) is 18.4. The number of aromatic amines is 1. The van der Waals surface area contributed by atoms with Gasteiger partial charge < -0.3 is 14.6 Å². The molecule has 1 saturated heterocycles. The monoisotopic (exact) mass is 469 g/mol. The molecule has 0 atom stereocenters. The Morgan fingerprint density at radius 3 is 2.66 bits per heavy atom. The summed E-state index contributed by atoms with van der Waals surface area (Å²) in [5, 5.41) is 10.2. The number of piperazine rings is 1. The number of aryl methyl sites for hydroxylation is 1. The maximum atomic E-state index is 13.6. The van der Waals surface area contributed by atoms with E-state index in [1.54, 1.807) is 30.5 Å². The van der Waals surface area contributed by atoms with Gasteiger partial charge in [0.05, 0.1) is 0 Å². The van der Waals surface area contributed by atoms with Gasteiger partial charge >= 0.3 is 0 Å². The quantitative estimate of drug-likeness (QED) is 0.345. The Hall–Kier alpha value is -3.89. The molecule has 1 fully saturated rings. The van der Waals surface area contributed by atoms with Crippen molar-refractivity contribution in [2.24, 2.45) is 0 Å². The van der Waals surface area contributed by atoms with Crippen LogP contribution in [0.5, 0.6) is 11.6 Å². The first-order valence-electron chi connectivity index (χ1n) is 12.1. The summed E-state index contributed by atoms with van der Waals surface area (Å²) in [4.78, 5) is 12.3. The highest BCUT2D eigenvalue weighted by Crippen LogP contribution is 2.26. The number of H-pyrrole nitrogens is 1. The summed E-state index contributed by atoms with van der Waals surface area (Å²) < 4.78 is 19.4. The number of halogens is 1. The van der Waals surface area contributed by atoms with Crippen molar-refractivity contribution in [3.8, 4) is 17.7 Å². The van der Waals surface area contributed by atoms with E-state index in [0.29, 0.717) is 17.2 Å². The van der Waals surface area contributed by atoms with E-state index < -0.39 is 0 Å². The Morgan fingerprint density at radius 1 is 1.03 bits per heavy atom. The maximum absolute atomic E-state index is 13.6. The van der Waals surface area contributed by atoms with Crippen LogP contribution in [0.2, 0.25) is 0 Å². The number of fused-ring (bicyclic) bond motifs is 1. The van der Waals surface area contributed by atoms with Gasteiger partial charge in [-0.2, -0.15) is 5.26 Å². The van der Waals surface area contributed by atoms with Crippen molar-refractivity contribution < 1.29 is 9.13 Å². The molecule has 4 aromatic rings. The number of nitrogens with zero attached hydrogens (tertiary/aromatic N) is 4. The lowest BCUT2D eigenvalue weighted by Gasteiger charge is -2.36. The molecular formula is C28H28FN5O. The fourth-order valence-corrected chi connectivity index (χ4v) is 4.63. The van der Waals surface area contributed by atoms with Crippen LogP contribution >= 0.6 is 0 Å². The molecule has 1 aliphatic heterocycles. The molecule has 0 spiro atoms. The fraction of sp³-hybridized carbons (Fsp3) is 0.286. The number of aromatic nitrogens is 2. The number of ether oxygens (including phenoxy) is 1. The lowest BCUT2D eigenvalue weighted by molar-refractivity contribution is 0.253. The normalized spacial score (nSPS) is 14.2. The number of anilines is 1. The van der Waals surface area contributed by atoms with Gasteiger partial charge in [-0.1, -0.05) is 0 Å². The minimum absolute atomic E-state index is 0.181. The molecule has 178 valence electrons. The lowest BCUT2D eigenvalue weighted by Crippen LogP contribution is -2.46. The Morgan fingerprint density at radius 2 is 1.86 bits per heavy atom. The highest BCUT2D eigenvalue weighted by atomic mass is 19.1. The van der Waals surface area contributed by atoms with Gasteiger partial charge in [-0.15, -0.1) is 0 Å². The van der Waals surface area contributed by atoms with E-state index in [0.717, 1.165) is 62.9 Å². The molecule has 0 aliphatic carbocycles. The van der Waals surface area contributed by atoms with Crippen molar-refractivity contribution in [2.75, 3.05) is 37.6 Å². The predicted octanol–water partition coefficient (Wildman–Crippen LogP) is 5.51. The first kappa shape index (κ1) is 22.9. The van der Waals surface area contributed by atoms with E-state index in [4.69, 9.17) is 4.74 Å². The molecule has 6 nitrogen and oxygen atoms in total. The number of nitriles is 1. The van der Waals surface area contributed by atoms with Gasteiger partial charge in [0.1, 0.15) is 23.2 Å². The molecule has 0 saturated carbocycles. The van der Waals surface area contributed by atoms with Crippen LogP contribution in [0.15, 0.2) is 67.0 Å². The second kappa shape index (κ2) is 10.6. The highest BCUT2D eigenvalue weighted by molar-refractivity contribution is 5.83. The predicted molar refractivity (Wildman–Crippen MR) is 135 cm³/mol. The second-order valence-electron chi connectivity index (χ2n) is 8.85. The van der Waals surface area contributed by atoms with Crippen LogP contribution < -0.4 is 9.64 Å². The lowest BCUT2D eigenvalue weighted by atomic mass is 10.1. The third-order valence-electron chi connectivity index (χ3n) is 6.58. The van der Waals surface area contributed by atoms with E-state index in [1.807, 2.05) is 18.3 Å². The van der Waals surface area contributed by atoms with Crippen LogP contribution in [-0.2, 0) is 6.42 Å². The van der Waals surface area contributed by atoms with Crippen LogP contribution in [0.25, 0.3) is 10.9 Å².